The number of nitrogens with one attached hydrogen (secondary N) is 2. The van der Waals surface area contributed by atoms with Crippen molar-refractivity contribution in [2.75, 3.05) is 0 Å². The molecule has 112 valence electrons. The van der Waals surface area contributed by atoms with Crippen molar-refractivity contribution >= 4 is 11.8 Å². The summed E-state index contributed by atoms with van der Waals surface area (Å²) in [4.78, 5) is 23.8. The molecule has 2 aliphatic rings. The van der Waals surface area contributed by atoms with Gasteiger partial charge in [-0.15, -0.1) is 0 Å². The molecule has 0 aliphatic heterocycles. The molecular formula is C17H22N2O2. The van der Waals surface area contributed by atoms with Crippen molar-refractivity contribution in [2.24, 2.45) is 17.8 Å². The largest absolute Gasteiger partial charge is 0.273 e. The van der Waals surface area contributed by atoms with E-state index in [0.29, 0.717) is 17.9 Å². The lowest BCUT2D eigenvalue weighted by molar-refractivity contribution is -0.123. The fraction of sp³-hybridized carbons (Fsp3) is 0.529. The molecule has 0 heterocycles. The van der Waals surface area contributed by atoms with Gasteiger partial charge in [-0.05, 0) is 56.1 Å². The first kappa shape index (κ1) is 14.1. The Balaban J connectivity index is 1.45. The number of rotatable bonds is 3. The van der Waals surface area contributed by atoms with Gasteiger partial charge in [0.25, 0.3) is 5.91 Å². The third kappa shape index (κ3) is 3.26. The highest BCUT2D eigenvalue weighted by atomic mass is 16.2. The molecule has 2 N–H and O–H groups in total. The maximum atomic E-state index is 11.9. The highest BCUT2D eigenvalue weighted by Gasteiger charge is 2.40. The fourth-order valence-electron chi connectivity index (χ4n) is 3.82. The van der Waals surface area contributed by atoms with Crippen LogP contribution in [-0.2, 0) is 4.79 Å². The summed E-state index contributed by atoms with van der Waals surface area (Å²) in [6, 6.07) is 7.28. The molecular weight excluding hydrogens is 264 g/mol. The highest BCUT2D eigenvalue weighted by Crippen LogP contribution is 2.49. The number of amides is 2. The molecule has 4 heteroatoms. The number of hydrogen-bond acceptors (Lipinski definition) is 2. The van der Waals surface area contributed by atoms with Crippen LogP contribution >= 0.6 is 0 Å². The molecule has 0 spiro atoms. The van der Waals surface area contributed by atoms with Crippen LogP contribution in [0.3, 0.4) is 0 Å². The van der Waals surface area contributed by atoms with Crippen LogP contribution in [0, 0.1) is 24.7 Å². The second-order valence-electron chi connectivity index (χ2n) is 6.51. The van der Waals surface area contributed by atoms with Gasteiger partial charge in [0, 0.05) is 12.0 Å². The van der Waals surface area contributed by atoms with Crippen LogP contribution in [0.1, 0.15) is 48.0 Å². The van der Waals surface area contributed by atoms with Crippen molar-refractivity contribution in [1.29, 1.82) is 0 Å². The molecule has 21 heavy (non-hydrogen) atoms. The zero-order chi connectivity index (χ0) is 14.8. The molecule has 2 amide bonds. The van der Waals surface area contributed by atoms with E-state index >= 15 is 0 Å². The Hall–Kier alpha value is -1.84. The van der Waals surface area contributed by atoms with Crippen molar-refractivity contribution in [3.63, 3.8) is 0 Å². The molecule has 0 saturated heterocycles. The summed E-state index contributed by atoms with van der Waals surface area (Å²) in [5.41, 5.74) is 6.70. The second-order valence-corrected chi connectivity index (χ2v) is 6.51. The summed E-state index contributed by atoms with van der Waals surface area (Å²) < 4.78 is 0. The number of fused-ring (bicyclic) bond motifs is 2. The summed E-state index contributed by atoms with van der Waals surface area (Å²) >= 11 is 0. The van der Waals surface area contributed by atoms with E-state index in [1.165, 1.54) is 25.7 Å². The van der Waals surface area contributed by atoms with E-state index in [1.807, 2.05) is 19.1 Å². The van der Waals surface area contributed by atoms with Crippen molar-refractivity contribution in [1.82, 2.24) is 10.9 Å². The van der Waals surface area contributed by atoms with Gasteiger partial charge < -0.3 is 0 Å². The molecule has 3 rings (SSSR count). The molecule has 0 radical (unpaired) electrons. The molecule has 2 saturated carbocycles. The first-order chi connectivity index (χ1) is 10.1. The predicted molar refractivity (Wildman–Crippen MR) is 80.3 cm³/mol. The highest BCUT2D eigenvalue weighted by molar-refractivity contribution is 5.95. The number of hydrogen-bond donors (Lipinski definition) is 2. The number of hydrazine groups is 1. The van der Waals surface area contributed by atoms with Crippen LogP contribution in [0.15, 0.2) is 24.3 Å². The Bertz CT molecular complexity index is 538. The average Bonchev–Trinajstić information content (AvgIpc) is 3.08. The number of carbonyl (C=O) groups is 2. The van der Waals surface area contributed by atoms with Gasteiger partial charge in [0.1, 0.15) is 0 Å². The monoisotopic (exact) mass is 286 g/mol. The molecule has 1 aromatic rings. The van der Waals surface area contributed by atoms with Gasteiger partial charge in [0.2, 0.25) is 5.91 Å². The minimum Gasteiger partial charge on any atom is -0.273 e. The van der Waals surface area contributed by atoms with E-state index in [-0.39, 0.29) is 11.8 Å². The molecule has 1 aromatic carbocycles. The van der Waals surface area contributed by atoms with Crippen LogP contribution in [0.4, 0.5) is 0 Å². The topological polar surface area (TPSA) is 58.2 Å². The summed E-state index contributed by atoms with van der Waals surface area (Å²) in [6.45, 7) is 1.97. The standard InChI is InChI=1S/C17H22N2O2/c1-11-2-5-13(6-3-11)17(21)19-18-16(20)10-15-9-12-4-7-14(15)8-12/h2-3,5-6,12,14-15H,4,7-10H2,1H3,(H,18,20)(H,19,21)/t12-,14-,15+/m1/s1. The van der Waals surface area contributed by atoms with E-state index in [4.69, 9.17) is 0 Å². The normalized spacial score (nSPS) is 26.6. The number of benzene rings is 1. The van der Waals surface area contributed by atoms with Crippen molar-refractivity contribution in [2.45, 2.75) is 39.0 Å². The summed E-state index contributed by atoms with van der Waals surface area (Å²) in [6.07, 6.45) is 5.64. The first-order valence-corrected chi connectivity index (χ1v) is 7.77. The van der Waals surface area contributed by atoms with Gasteiger partial charge in [0.05, 0.1) is 0 Å². The van der Waals surface area contributed by atoms with Crippen LogP contribution in [0.2, 0.25) is 0 Å². The summed E-state index contributed by atoms with van der Waals surface area (Å²) in [7, 11) is 0. The van der Waals surface area contributed by atoms with Gasteiger partial charge >= 0.3 is 0 Å². The van der Waals surface area contributed by atoms with Gasteiger partial charge in [-0.2, -0.15) is 0 Å². The van der Waals surface area contributed by atoms with Gasteiger partial charge in [0.15, 0.2) is 0 Å². The zero-order valence-electron chi connectivity index (χ0n) is 12.4. The Morgan fingerprint density at radius 1 is 1.10 bits per heavy atom. The van der Waals surface area contributed by atoms with Gasteiger partial charge in [-0.1, -0.05) is 24.1 Å². The molecule has 0 unspecified atom stereocenters. The van der Waals surface area contributed by atoms with Gasteiger partial charge in [-0.3, -0.25) is 20.4 Å². The smallest absolute Gasteiger partial charge is 0.269 e. The number of carbonyl (C=O) groups excluding carboxylic acids is 2. The van der Waals surface area contributed by atoms with Crippen LogP contribution in [-0.4, -0.2) is 11.8 Å². The van der Waals surface area contributed by atoms with Gasteiger partial charge in [-0.25, -0.2) is 0 Å². The first-order valence-electron chi connectivity index (χ1n) is 7.77. The third-order valence-corrected chi connectivity index (χ3v) is 4.96. The Morgan fingerprint density at radius 2 is 1.86 bits per heavy atom. The lowest BCUT2D eigenvalue weighted by Gasteiger charge is -2.20. The minimum atomic E-state index is -0.267. The maximum absolute atomic E-state index is 11.9. The van der Waals surface area contributed by atoms with Crippen LogP contribution in [0.25, 0.3) is 0 Å². The maximum Gasteiger partial charge on any atom is 0.269 e. The molecule has 2 aliphatic carbocycles. The summed E-state index contributed by atoms with van der Waals surface area (Å²) in [5, 5.41) is 0. The summed E-state index contributed by atoms with van der Waals surface area (Å²) in [5.74, 6) is 1.74. The molecule has 2 bridgehead atoms. The SMILES string of the molecule is Cc1ccc(C(=O)NNC(=O)C[C@@H]2C[C@@H]3CC[C@@H]2C3)cc1. The van der Waals surface area contributed by atoms with Crippen LogP contribution < -0.4 is 10.9 Å². The molecule has 3 atom stereocenters. The average molecular weight is 286 g/mol. The lowest BCUT2D eigenvalue weighted by atomic mass is 9.86. The van der Waals surface area contributed by atoms with Crippen molar-refractivity contribution in [3.05, 3.63) is 35.4 Å². The predicted octanol–water partition coefficient (Wildman–Crippen LogP) is 2.58. The molecule has 0 aromatic heterocycles. The Kier molecular flexibility index (Phi) is 3.95. The van der Waals surface area contributed by atoms with Crippen molar-refractivity contribution in [3.8, 4) is 0 Å². The minimum absolute atomic E-state index is 0.0759. The van der Waals surface area contributed by atoms with E-state index < -0.39 is 0 Å². The van der Waals surface area contributed by atoms with E-state index in [2.05, 4.69) is 10.9 Å². The zero-order valence-corrected chi connectivity index (χ0v) is 12.4. The lowest BCUT2D eigenvalue weighted by Crippen LogP contribution is -2.42. The Labute approximate surface area is 125 Å². The van der Waals surface area contributed by atoms with E-state index in [1.54, 1.807) is 12.1 Å². The Morgan fingerprint density at radius 3 is 2.48 bits per heavy atom. The quantitative estimate of drug-likeness (QED) is 0.839. The van der Waals surface area contributed by atoms with E-state index in [0.717, 1.165) is 17.4 Å². The van der Waals surface area contributed by atoms with Crippen LogP contribution in [0.5, 0.6) is 0 Å². The van der Waals surface area contributed by atoms with Crippen molar-refractivity contribution < 1.29 is 9.59 Å². The number of aryl methyl sites for hydroxylation is 1. The molecule has 2 fully saturated rings. The third-order valence-electron chi connectivity index (χ3n) is 4.96. The molecule has 4 nitrogen and oxygen atoms in total. The van der Waals surface area contributed by atoms with E-state index in [9.17, 15) is 9.59 Å². The second kappa shape index (κ2) is 5.88. The fourth-order valence-corrected chi connectivity index (χ4v) is 3.82.